The van der Waals surface area contributed by atoms with Gasteiger partial charge in [0.15, 0.2) is 5.13 Å². The molecule has 0 fully saturated rings. The number of rotatable bonds is 4. The van der Waals surface area contributed by atoms with E-state index in [2.05, 4.69) is 25.8 Å². The molecule has 112 valence electrons. The molecule has 3 aromatic rings. The molecule has 0 spiro atoms. The molecule has 0 aliphatic carbocycles. The van der Waals surface area contributed by atoms with E-state index in [4.69, 9.17) is 0 Å². The highest BCUT2D eigenvalue weighted by atomic mass is 32.1. The van der Waals surface area contributed by atoms with Gasteiger partial charge in [-0.2, -0.15) is 5.10 Å². The molecular formula is C14H12FN5OS. The second-order valence-corrected chi connectivity index (χ2v) is 5.60. The quantitative estimate of drug-likeness (QED) is 0.691. The Balaban J connectivity index is 1.60. The first-order chi connectivity index (χ1) is 10.7. The third-order valence-electron chi connectivity index (χ3n) is 2.79. The van der Waals surface area contributed by atoms with E-state index < -0.39 is 6.03 Å². The molecule has 2 amide bonds. The number of hydrogen-bond acceptors (Lipinski definition) is 4. The summed E-state index contributed by atoms with van der Waals surface area (Å²) in [5.41, 5.74) is 0.858. The number of anilines is 2. The molecule has 0 saturated heterocycles. The standard InChI is InChI=1S/C14H12FN5OS/c15-10-3-1-2-9(6-10)7-11-8-16-14(22-11)19-13(21)18-12-4-5-17-20-12/h1-6,8H,7H2,(H3,16,17,18,19,20,21). The average molecular weight is 317 g/mol. The Morgan fingerprint density at radius 1 is 1.32 bits per heavy atom. The fraction of sp³-hybridized carbons (Fsp3) is 0.0714. The highest BCUT2D eigenvalue weighted by Crippen LogP contribution is 2.21. The minimum Gasteiger partial charge on any atom is -0.292 e. The normalized spacial score (nSPS) is 10.4. The number of nitrogens with zero attached hydrogens (tertiary/aromatic N) is 2. The van der Waals surface area contributed by atoms with Gasteiger partial charge in [0.25, 0.3) is 0 Å². The van der Waals surface area contributed by atoms with Crippen molar-refractivity contribution < 1.29 is 9.18 Å². The molecule has 0 saturated carbocycles. The first-order valence-corrected chi connectivity index (χ1v) is 7.27. The second-order valence-electron chi connectivity index (χ2n) is 4.49. The lowest BCUT2D eigenvalue weighted by molar-refractivity contribution is 0.262. The maximum absolute atomic E-state index is 13.1. The number of hydrogen-bond donors (Lipinski definition) is 3. The van der Waals surface area contributed by atoms with Gasteiger partial charge in [0.2, 0.25) is 0 Å². The lowest BCUT2D eigenvalue weighted by Gasteiger charge is -2.01. The Bertz CT molecular complexity index is 771. The summed E-state index contributed by atoms with van der Waals surface area (Å²) in [4.78, 5) is 16.8. The van der Waals surface area contributed by atoms with Crippen molar-refractivity contribution >= 4 is 28.3 Å². The molecule has 0 atom stereocenters. The Hall–Kier alpha value is -2.74. The summed E-state index contributed by atoms with van der Waals surface area (Å²) >= 11 is 1.34. The van der Waals surface area contributed by atoms with Crippen LogP contribution in [0.3, 0.4) is 0 Å². The maximum atomic E-state index is 13.1. The number of aromatic amines is 1. The maximum Gasteiger partial charge on any atom is 0.326 e. The summed E-state index contributed by atoms with van der Waals surface area (Å²) in [6, 6.07) is 7.64. The lowest BCUT2D eigenvalue weighted by Crippen LogP contribution is -2.19. The molecule has 22 heavy (non-hydrogen) atoms. The zero-order chi connectivity index (χ0) is 15.4. The van der Waals surface area contributed by atoms with Crippen molar-refractivity contribution in [2.75, 3.05) is 10.6 Å². The lowest BCUT2D eigenvalue weighted by atomic mass is 10.1. The van der Waals surface area contributed by atoms with E-state index in [1.165, 1.54) is 29.7 Å². The third kappa shape index (κ3) is 3.67. The van der Waals surface area contributed by atoms with Crippen molar-refractivity contribution in [3.8, 4) is 0 Å². The van der Waals surface area contributed by atoms with Gasteiger partial charge in [-0.3, -0.25) is 15.7 Å². The number of H-pyrrole nitrogens is 1. The molecule has 8 heteroatoms. The SMILES string of the molecule is O=C(Nc1ccn[nH]1)Nc1ncc(Cc2cccc(F)c2)s1. The van der Waals surface area contributed by atoms with Gasteiger partial charge in [-0.25, -0.2) is 14.2 Å². The van der Waals surface area contributed by atoms with E-state index in [1.54, 1.807) is 18.3 Å². The van der Waals surface area contributed by atoms with Gasteiger partial charge in [-0.1, -0.05) is 12.1 Å². The first kappa shape index (κ1) is 14.2. The van der Waals surface area contributed by atoms with E-state index in [-0.39, 0.29) is 5.82 Å². The number of halogens is 1. The molecule has 0 radical (unpaired) electrons. The summed E-state index contributed by atoms with van der Waals surface area (Å²) in [5.74, 6) is 0.230. The molecule has 0 unspecified atom stereocenters. The Morgan fingerprint density at radius 3 is 3.00 bits per heavy atom. The molecule has 3 rings (SSSR count). The minimum atomic E-state index is -0.407. The van der Waals surface area contributed by atoms with Crippen LogP contribution in [0.25, 0.3) is 0 Å². The predicted molar refractivity (Wildman–Crippen MR) is 82.5 cm³/mol. The van der Waals surface area contributed by atoms with Crippen LogP contribution in [0.5, 0.6) is 0 Å². The number of nitrogens with one attached hydrogen (secondary N) is 3. The van der Waals surface area contributed by atoms with Crippen LogP contribution < -0.4 is 10.6 Å². The summed E-state index contributed by atoms with van der Waals surface area (Å²) < 4.78 is 13.1. The van der Waals surface area contributed by atoms with Gasteiger partial charge in [-0.15, -0.1) is 11.3 Å². The smallest absolute Gasteiger partial charge is 0.292 e. The number of aromatic nitrogens is 3. The zero-order valence-corrected chi connectivity index (χ0v) is 12.2. The highest BCUT2D eigenvalue weighted by Gasteiger charge is 2.08. The van der Waals surface area contributed by atoms with E-state index in [0.29, 0.717) is 17.4 Å². The molecule has 0 aliphatic heterocycles. The van der Waals surface area contributed by atoms with Crippen LogP contribution in [-0.2, 0) is 6.42 Å². The summed E-state index contributed by atoms with van der Waals surface area (Å²) in [6.07, 6.45) is 3.77. The van der Waals surface area contributed by atoms with Crippen molar-refractivity contribution in [2.24, 2.45) is 0 Å². The van der Waals surface area contributed by atoms with Crippen molar-refractivity contribution in [3.05, 3.63) is 59.0 Å². The topological polar surface area (TPSA) is 82.7 Å². The van der Waals surface area contributed by atoms with Crippen LogP contribution in [0, 0.1) is 5.82 Å². The van der Waals surface area contributed by atoms with Crippen molar-refractivity contribution in [1.29, 1.82) is 0 Å². The van der Waals surface area contributed by atoms with Crippen LogP contribution in [-0.4, -0.2) is 21.2 Å². The zero-order valence-electron chi connectivity index (χ0n) is 11.3. The van der Waals surface area contributed by atoms with E-state index in [1.807, 2.05) is 6.07 Å². The second kappa shape index (κ2) is 6.35. The van der Waals surface area contributed by atoms with E-state index in [0.717, 1.165) is 10.4 Å². The fourth-order valence-corrected chi connectivity index (χ4v) is 2.71. The molecule has 3 N–H and O–H groups in total. The van der Waals surface area contributed by atoms with Gasteiger partial charge in [0, 0.05) is 23.6 Å². The van der Waals surface area contributed by atoms with Crippen LogP contribution in [0.2, 0.25) is 0 Å². The van der Waals surface area contributed by atoms with Crippen LogP contribution >= 0.6 is 11.3 Å². The molecular weight excluding hydrogens is 305 g/mol. The number of carbonyl (C=O) groups excluding carboxylic acids is 1. The summed E-state index contributed by atoms with van der Waals surface area (Å²) in [6.45, 7) is 0. The van der Waals surface area contributed by atoms with Gasteiger partial charge in [-0.05, 0) is 17.7 Å². The van der Waals surface area contributed by atoms with Gasteiger partial charge < -0.3 is 0 Å². The third-order valence-corrected chi connectivity index (χ3v) is 3.70. The number of thiazole rings is 1. The van der Waals surface area contributed by atoms with Crippen LogP contribution in [0.15, 0.2) is 42.7 Å². The Kier molecular flexibility index (Phi) is 4.10. The number of carbonyl (C=O) groups is 1. The number of amides is 2. The molecule has 2 aromatic heterocycles. The van der Waals surface area contributed by atoms with Gasteiger partial charge >= 0.3 is 6.03 Å². The minimum absolute atomic E-state index is 0.265. The van der Waals surface area contributed by atoms with Gasteiger partial charge in [0.1, 0.15) is 11.6 Å². The van der Waals surface area contributed by atoms with Crippen LogP contribution in [0.4, 0.5) is 20.1 Å². The van der Waals surface area contributed by atoms with Crippen molar-refractivity contribution in [1.82, 2.24) is 15.2 Å². The summed E-state index contributed by atoms with van der Waals surface area (Å²) in [7, 11) is 0. The predicted octanol–water partition coefficient (Wildman–Crippen LogP) is 3.24. The van der Waals surface area contributed by atoms with Crippen molar-refractivity contribution in [3.63, 3.8) is 0 Å². The monoisotopic (exact) mass is 317 g/mol. The molecule has 2 heterocycles. The molecule has 0 bridgehead atoms. The largest absolute Gasteiger partial charge is 0.326 e. The van der Waals surface area contributed by atoms with E-state index in [9.17, 15) is 9.18 Å². The first-order valence-electron chi connectivity index (χ1n) is 6.45. The van der Waals surface area contributed by atoms with Gasteiger partial charge in [0.05, 0.1) is 6.20 Å². The Morgan fingerprint density at radius 2 is 2.23 bits per heavy atom. The van der Waals surface area contributed by atoms with E-state index >= 15 is 0 Å². The highest BCUT2D eigenvalue weighted by molar-refractivity contribution is 7.15. The van der Waals surface area contributed by atoms with Crippen molar-refractivity contribution in [2.45, 2.75) is 6.42 Å². The average Bonchev–Trinajstić information content (AvgIpc) is 3.11. The number of urea groups is 1. The fourth-order valence-electron chi connectivity index (χ4n) is 1.87. The summed E-state index contributed by atoms with van der Waals surface area (Å²) in [5, 5.41) is 12.0. The molecule has 6 nitrogen and oxygen atoms in total. The molecule has 0 aliphatic rings. The Labute approximate surface area is 129 Å². The number of benzene rings is 1. The van der Waals surface area contributed by atoms with Crippen LogP contribution in [0.1, 0.15) is 10.4 Å². The molecule has 1 aromatic carbocycles.